The van der Waals surface area contributed by atoms with Crippen LogP contribution >= 0.6 is 0 Å². The lowest BCUT2D eigenvalue weighted by Crippen LogP contribution is -2.23. The fourth-order valence-electron chi connectivity index (χ4n) is 0.836. The van der Waals surface area contributed by atoms with Crippen molar-refractivity contribution >= 4 is 6.47 Å². The number of hydrogen-bond donors (Lipinski definition) is 1. The van der Waals surface area contributed by atoms with Gasteiger partial charge in [-0.2, -0.15) is 0 Å². The van der Waals surface area contributed by atoms with E-state index in [-0.39, 0.29) is 6.23 Å². The van der Waals surface area contributed by atoms with Crippen LogP contribution in [0.1, 0.15) is 12.8 Å². The molecule has 0 saturated carbocycles. The van der Waals surface area contributed by atoms with Gasteiger partial charge in [-0.05, 0) is 19.4 Å². The van der Waals surface area contributed by atoms with Gasteiger partial charge in [-0.25, -0.2) is 0 Å². The molecule has 1 rings (SSSR count). The molecule has 1 aliphatic rings. The van der Waals surface area contributed by atoms with E-state index in [2.05, 4.69) is 10.1 Å². The van der Waals surface area contributed by atoms with Crippen LogP contribution in [0.4, 0.5) is 0 Å². The molecule has 1 saturated heterocycles. The average Bonchev–Trinajstić information content (AvgIpc) is 2.19. The van der Waals surface area contributed by atoms with Gasteiger partial charge in [0.15, 0.2) is 6.23 Å². The van der Waals surface area contributed by atoms with Gasteiger partial charge in [-0.15, -0.1) is 0 Å². The van der Waals surface area contributed by atoms with Crippen LogP contribution < -0.4 is 5.32 Å². The minimum Gasteiger partial charge on any atom is -0.449 e. The first kappa shape index (κ1) is 5.56. The molecule has 3 nitrogen and oxygen atoms in total. The third-order valence-corrected chi connectivity index (χ3v) is 1.23. The van der Waals surface area contributed by atoms with E-state index in [0.29, 0.717) is 6.47 Å². The Balaban J connectivity index is 2.14. The first-order chi connectivity index (χ1) is 3.93. The second-order valence-electron chi connectivity index (χ2n) is 1.82. The maximum atomic E-state index is 9.70. The van der Waals surface area contributed by atoms with Crippen molar-refractivity contribution in [2.24, 2.45) is 0 Å². The minimum atomic E-state index is -0.00694. The second-order valence-corrected chi connectivity index (χ2v) is 1.82. The summed E-state index contributed by atoms with van der Waals surface area (Å²) in [5, 5.41) is 3.00. The third-order valence-electron chi connectivity index (χ3n) is 1.23. The zero-order chi connectivity index (χ0) is 5.82. The van der Waals surface area contributed by atoms with Crippen molar-refractivity contribution < 1.29 is 9.53 Å². The van der Waals surface area contributed by atoms with Crippen molar-refractivity contribution in [1.82, 2.24) is 5.32 Å². The number of ether oxygens (including phenoxy) is 1. The SMILES string of the molecule is O=CO[C@@H]1CCCN1. The van der Waals surface area contributed by atoms with Gasteiger partial charge in [0.25, 0.3) is 6.47 Å². The largest absolute Gasteiger partial charge is 0.449 e. The Morgan fingerprint density at radius 1 is 1.75 bits per heavy atom. The number of rotatable bonds is 2. The Labute approximate surface area is 48.0 Å². The molecule has 0 unspecified atom stereocenters. The van der Waals surface area contributed by atoms with Gasteiger partial charge >= 0.3 is 0 Å². The predicted octanol–water partition coefficient (Wildman–Crippen LogP) is -0.131. The summed E-state index contributed by atoms with van der Waals surface area (Å²) in [6.45, 7) is 1.46. The van der Waals surface area contributed by atoms with Gasteiger partial charge in [-0.3, -0.25) is 10.1 Å². The quantitative estimate of drug-likeness (QED) is 0.509. The summed E-state index contributed by atoms with van der Waals surface area (Å²) in [4.78, 5) is 9.70. The highest BCUT2D eigenvalue weighted by atomic mass is 16.5. The molecule has 1 heterocycles. The Hall–Kier alpha value is -0.570. The molecule has 1 N–H and O–H groups in total. The van der Waals surface area contributed by atoms with Crippen LogP contribution in [0, 0.1) is 0 Å². The summed E-state index contributed by atoms with van der Waals surface area (Å²) in [5.74, 6) is 0. The van der Waals surface area contributed by atoms with Gasteiger partial charge in [0.05, 0.1) is 0 Å². The topological polar surface area (TPSA) is 38.3 Å². The molecule has 1 fully saturated rings. The Morgan fingerprint density at radius 3 is 3.12 bits per heavy atom. The van der Waals surface area contributed by atoms with Crippen molar-refractivity contribution in [3.63, 3.8) is 0 Å². The standard InChI is InChI=1S/C5H9NO2/c7-4-8-5-2-1-3-6-5/h4-6H,1-3H2/t5-/m1/s1. The fraction of sp³-hybridized carbons (Fsp3) is 0.800. The molecule has 0 aromatic rings. The molecule has 8 heavy (non-hydrogen) atoms. The van der Waals surface area contributed by atoms with E-state index in [0.717, 1.165) is 19.4 Å². The molecular weight excluding hydrogens is 106 g/mol. The summed E-state index contributed by atoms with van der Waals surface area (Å²) >= 11 is 0. The lowest BCUT2D eigenvalue weighted by atomic mass is 10.4. The zero-order valence-electron chi connectivity index (χ0n) is 4.59. The smallest absolute Gasteiger partial charge is 0.294 e. The highest BCUT2D eigenvalue weighted by molar-refractivity contribution is 5.37. The van der Waals surface area contributed by atoms with Crippen LogP contribution in [0.3, 0.4) is 0 Å². The molecule has 0 aromatic carbocycles. The molecule has 0 bridgehead atoms. The lowest BCUT2D eigenvalue weighted by molar-refractivity contribution is -0.134. The van der Waals surface area contributed by atoms with E-state index in [1.807, 2.05) is 0 Å². The molecule has 0 amide bonds. The van der Waals surface area contributed by atoms with Crippen LogP contribution in [0.2, 0.25) is 0 Å². The molecule has 0 aliphatic carbocycles. The highest BCUT2D eigenvalue weighted by Crippen LogP contribution is 2.03. The van der Waals surface area contributed by atoms with E-state index in [1.165, 1.54) is 0 Å². The van der Waals surface area contributed by atoms with Crippen LogP contribution in [-0.4, -0.2) is 19.2 Å². The lowest BCUT2D eigenvalue weighted by Gasteiger charge is -2.04. The van der Waals surface area contributed by atoms with Gasteiger partial charge in [0, 0.05) is 0 Å². The number of nitrogens with one attached hydrogen (secondary N) is 1. The molecule has 46 valence electrons. The van der Waals surface area contributed by atoms with E-state index in [4.69, 9.17) is 0 Å². The molecule has 0 aromatic heterocycles. The van der Waals surface area contributed by atoms with Crippen molar-refractivity contribution in [1.29, 1.82) is 0 Å². The van der Waals surface area contributed by atoms with Crippen LogP contribution in [0.5, 0.6) is 0 Å². The van der Waals surface area contributed by atoms with E-state index >= 15 is 0 Å². The maximum Gasteiger partial charge on any atom is 0.294 e. The minimum absolute atomic E-state index is 0.00694. The molecule has 0 spiro atoms. The van der Waals surface area contributed by atoms with E-state index in [1.54, 1.807) is 0 Å². The monoisotopic (exact) mass is 115 g/mol. The fourth-order valence-corrected chi connectivity index (χ4v) is 0.836. The van der Waals surface area contributed by atoms with E-state index < -0.39 is 0 Å². The van der Waals surface area contributed by atoms with Gasteiger partial charge < -0.3 is 4.74 Å². The number of hydrogen-bond acceptors (Lipinski definition) is 3. The third kappa shape index (κ3) is 1.20. The predicted molar refractivity (Wildman–Crippen MR) is 28.2 cm³/mol. The summed E-state index contributed by atoms with van der Waals surface area (Å²) in [6, 6.07) is 0. The molecule has 0 radical (unpaired) electrons. The van der Waals surface area contributed by atoms with Gasteiger partial charge in [-0.1, -0.05) is 0 Å². The molecule has 3 heteroatoms. The molecular formula is C5H9NO2. The average molecular weight is 115 g/mol. The van der Waals surface area contributed by atoms with Gasteiger partial charge in [0.2, 0.25) is 0 Å². The molecule has 1 aliphatic heterocycles. The van der Waals surface area contributed by atoms with Crippen LogP contribution in [-0.2, 0) is 9.53 Å². The van der Waals surface area contributed by atoms with Crippen molar-refractivity contribution in [2.45, 2.75) is 19.1 Å². The Morgan fingerprint density at radius 2 is 2.62 bits per heavy atom. The number of carbonyl (C=O) groups excluding carboxylic acids is 1. The van der Waals surface area contributed by atoms with Crippen molar-refractivity contribution in [3.8, 4) is 0 Å². The zero-order valence-corrected chi connectivity index (χ0v) is 4.59. The van der Waals surface area contributed by atoms with Gasteiger partial charge in [0.1, 0.15) is 0 Å². The first-order valence-electron chi connectivity index (χ1n) is 2.76. The Kier molecular flexibility index (Phi) is 1.86. The number of carbonyl (C=O) groups is 1. The summed E-state index contributed by atoms with van der Waals surface area (Å²) in [5.41, 5.74) is 0. The van der Waals surface area contributed by atoms with Crippen LogP contribution in [0.15, 0.2) is 0 Å². The summed E-state index contributed by atoms with van der Waals surface area (Å²) in [6.07, 6.45) is 2.06. The summed E-state index contributed by atoms with van der Waals surface area (Å²) < 4.78 is 4.61. The normalized spacial score (nSPS) is 27.8. The second kappa shape index (κ2) is 2.67. The van der Waals surface area contributed by atoms with E-state index in [9.17, 15) is 4.79 Å². The Bertz CT molecular complexity index is 78.5. The van der Waals surface area contributed by atoms with Crippen LogP contribution in [0.25, 0.3) is 0 Å². The highest BCUT2D eigenvalue weighted by Gasteiger charge is 2.12. The first-order valence-corrected chi connectivity index (χ1v) is 2.76. The maximum absolute atomic E-state index is 9.70. The van der Waals surface area contributed by atoms with Crippen molar-refractivity contribution in [3.05, 3.63) is 0 Å². The molecule has 1 atom stereocenters. The summed E-state index contributed by atoms with van der Waals surface area (Å²) in [7, 11) is 0. The van der Waals surface area contributed by atoms with Crippen molar-refractivity contribution in [2.75, 3.05) is 6.54 Å².